The average molecular weight is 852 g/mol. The zero-order valence-corrected chi connectivity index (χ0v) is 35.7. The Balaban J connectivity index is 1.22. The lowest BCUT2D eigenvalue weighted by Gasteiger charge is -2.25. The van der Waals surface area contributed by atoms with Gasteiger partial charge in [0.15, 0.2) is 0 Å². The molecule has 308 valence electrons. The molecule has 0 fully saturated rings. The third kappa shape index (κ3) is 4.99. The molecule has 6 nitrogen and oxygen atoms in total. The largest absolute Gasteiger partial charge is 0.456 e. The maximum absolute atomic E-state index is 11.9. The van der Waals surface area contributed by atoms with E-state index < -0.39 is 0 Å². The van der Waals surface area contributed by atoms with Crippen molar-refractivity contribution < 1.29 is 4.42 Å². The van der Waals surface area contributed by atoms with Crippen molar-refractivity contribution in [2.75, 3.05) is 0 Å². The summed E-state index contributed by atoms with van der Waals surface area (Å²) in [5.74, 6) is 0. The molecule has 10 aromatic carbocycles. The summed E-state index contributed by atoms with van der Waals surface area (Å²) in [4.78, 5) is 9.10. The second-order valence-electron chi connectivity index (χ2n) is 17.1. The first-order valence-corrected chi connectivity index (χ1v) is 22.3. The number of nitriles is 1. The summed E-state index contributed by atoms with van der Waals surface area (Å²) in [5, 5.41) is 22.7. The highest BCUT2D eigenvalue weighted by Gasteiger charge is 2.32. The molecule has 6 heteroatoms. The number of furan rings is 1. The second kappa shape index (κ2) is 14.0. The molecule has 0 aliphatic carbocycles. The number of nitrogens with zero attached hydrogens (tertiary/aromatic N) is 5. The Morgan fingerprint density at radius 2 is 0.985 bits per heavy atom. The Morgan fingerprint density at radius 3 is 1.70 bits per heavy atom. The van der Waals surface area contributed by atoms with Crippen molar-refractivity contribution in [3.8, 4) is 50.8 Å². The van der Waals surface area contributed by atoms with E-state index in [1.165, 1.54) is 0 Å². The quantitative estimate of drug-likeness (QED) is 0.128. The summed E-state index contributed by atoms with van der Waals surface area (Å²) in [7, 11) is 0. The summed E-state index contributed by atoms with van der Waals surface area (Å²) in [6, 6.07) is 67.5. The van der Waals surface area contributed by atoms with E-state index in [1.807, 2.05) is 79.1 Å². The summed E-state index contributed by atoms with van der Waals surface area (Å²) in [5.41, 5.74) is 12.9. The number of benzene rings is 10. The van der Waals surface area contributed by atoms with Gasteiger partial charge in [0.2, 0.25) is 5.69 Å². The van der Waals surface area contributed by atoms with E-state index in [0.29, 0.717) is 28.2 Å². The molecular formula is C61H33N5O. The maximum atomic E-state index is 11.9. The number of para-hydroxylation sites is 2. The van der Waals surface area contributed by atoms with Gasteiger partial charge >= 0.3 is 0 Å². The molecule has 67 heavy (non-hydrogen) atoms. The first-order valence-electron chi connectivity index (χ1n) is 22.3. The van der Waals surface area contributed by atoms with Crippen LogP contribution in [0.1, 0.15) is 5.56 Å². The molecule has 0 atom stereocenters. The van der Waals surface area contributed by atoms with Gasteiger partial charge in [-0.05, 0) is 80.9 Å². The van der Waals surface area contributed by atoms with Crippen LogP contribution in [0.5, 0.6) is 0 Å². The van der Waals surface area contributed by atoms with Crippen LogP contribution in [0.25, 0.3) is 137 Å². The Labute approximate surface area is 383 Å². The minimum absolute atomic E-state index is 0.401. The number of hydrogen-bond acceptors (Lipinski definition) is 3. The lowest BCUT2D eigenvalue weighted by Crippen LogP contribution is -2.08. The average Bonchev–Trinajstić information content (AvgIpc) is 4.06. The smallest absolute Gasteiger partial charge is 0.220 e. The molecule has 0 saturated carbocycles. The van der Waals surface area contributed by atoms with Gasteiger partial charge in [-0.3, -0.25) is 4.98 Å². The predicted octanol–water partition coefficient (Wildman–Crippen LogP) is 16.3. The molecule has 14 aromatic rings. The number of hydrogen-bond donors (Lipinski definition) is 0. The first-order chi connectivity index (χ1) is 33.2. The van der Waals surface area contributed by atoms with E-state index in [1.54, 1.807) is 0 Å². The lowest BCUT2D eigenvalue weighted by atomic mass is 9.88. The highest BCUT2D eigenvalue weighted by Crippen LogP contribution is 2.54. The summed E-state index contributed by atoms with van der Waals surface area (Å²) < 4.78 is 11.0. The second-order valence-corrected chi connectivity index (χ2v) is 17.1. The number of pyridine rings is 1. The van der Waals surface area contributed by atoms with Crippen molar-refractivity contribution >= 4 is 92.8 Å². The Hall–Kier alpha value is -9.49. The predicted molar refractivity (Wildman–Crippen MR) is 274 cm³/mol. The third-order valence-electron chi connectivity index (χ3n) is 13.8. The molecule has 14 rings (SSSR count). The molecule has 0 saturated heterocycles. The minimum atomic E-state index is 0.401. The number of aromatic nitrogens is 3. The third-order valence-corrected chi connectivity index (χ3v) is 13.8. The molecule has 0 aliphatic rings. The van der Waals surface area contributed by atoms with Crippen LogP contribution in [0.2, 0.25) is 0 Å². The van der Waals surface area contributed by atoms with Crippen LogP contribution >= 0.6 is 0 Å². The summed E-state index contributed by atoms with van der Waals surface area (Å²) in [6.07, 6.45) is 3.82. The minimum Gasteiger partial charge on any atom is -0.456 e. The Morgan fingerprint density at radius 1 is 0.448 bits per heavy atom. The van der Waals surface area contributed by atoms with E-state index in [4.69, 9.17) is 4.42 Å². The normalized spacial score (nSPS) is 11.9. The fourth-order valence-electron chi connectivity index (χ4n) is 11.3. The fraction of sp³-hybridized carbons (Fsp3) is 0. The van der Waals surface area contributed by atoms with E-state index in [2.05, 4.69) is 146 Å². The van der Waals surface area contributed by atoms with E-state index in [0.717, 1.165) is 115 Å². The van der Waals surface area contributed by atoms with Crippen LogP contribution in [0.4, 0.5) is 5.69 Å². The van der Waals surface area contributed by atoms with Crippen LogP contribution in [0, 0.1) is 17.9 Å². The van der Waals surface area contributed by atoms with Crippen LogP contribution < -0.4 is 0 Å². The zero-order chi connectivity index (χ0) is 44.3. The number of fused-ring (bicyclic) bond motifs is 9. The molecule has 4 aromatic heterocycles. The van der Waals surface area contributed by atoms with Crippen LogP contribution in [0.15, 0.2) is 205 Å². The van der Waals surface area contributed by atoms with E-state index in [-0.39, 0.29) is 0 Å². The molecule has 0 amide bonds. The van der Waals surface area contributed by atoms with Crippen molar-refractivity contribution in [3.63, 3.8) is 0 Å². The summed E-state index contributed by atoms with van der Waals surface area (Å²) in [6.45, 7) is 9.25. The van der Waals surface area contributed by atoms with Gasteiger partial charge in [0, 0.05) is 61.2 Å². The van der Waals surface area contributed by atoms with Gasteiger partial charge in [0.1, 0.15) is 17.2 Å². The fourth-order valence-corrected chi connectivity index (χ4v) is 11.3. The Bertz CT molecular complexity index is 4380. The standard InChI is InChI=1S/C61H33N5O/c1-63-59-53(36-16-4-2-5-17-36)45(34-62)60(65-47-26-10-8-20-43(47)55-40(23-13-27-48(55)65)41-25-15-31-52-56(41)44-21-9-11-30-51(44)67-52)54(37-18-6-3-7-19-37)61(59)66-49-28-12-22-39-38-32-33-64-35-46(38)42-24-14-29-50(66)58(42)57(39)49/h2-33,35H. The first kappa shape index (κ1) is 36.9. The van der Waals surface area contributed by atoms with Crippen molar-refractivity contribution in [3.05, 3.63) is 217 Å². The van der Waals surface area contributed by atoms with Gasteiger partial charge in [-0.25, -0.2) is 4.85 Å². The van der Waals surface area contributed by atoms with Gasteiger partial charge < -0.3 is 13.6 Å². The van der Waals surface area contributed by atoms with Gasteiger partial charge in [0.25, 0.3) is 0 Å². The van der Waals surface area contributed by atoms with E-state index >= 15 is 0 Å². The van der Waals surface area contributed by atoms with Gasteiger partial charge in [0.05, 0.1) is 45.6 Å². The van der Waals surface area contributed by atoms with E-state index in [9.17, 15) is 11.8 Å². The maximum Gasteiger partial charge on any atom is 0.220 e. The lowest BCUT2D eigenvalue weighted by molar-refractivity contribution is 0.669. The van der Waals surface area contributed by atoms with Crippen molar-refractivity contribution in [2.24, 2.45) is 0 Å². The molecule has 0 radical (unpaired) electrons. The molecule has 0 aliphatic heterocycles. The highest BCUT2D eigenvalue weighted by atomic mass is 16.3. The van der Waals surface area contributed by atoms with Crippen molar-refractivity contribution in [1.29, 1.82) is 5.26 Å². The van der Waals surface area contributed by atoms with Gasteiger partial charge in [-0.2, -0.15) is 5.26 Å². The zero-order valence-electron chi connectivity index (χ0n) is 35.7. The highest BCUT2D eigenvalue weighted by molar-refractivity contribution is 6.34. The summed E-state index contributed by atoms with van der Waals surface area (Å²) >= 11 is 0. The van der Waals surface area contributed by atoms with Crippen molar-refractivity contribution in [1.82, 2.24) is 14.1 Å². The molecule has 4 heterocycles. The SMILES string of the molecule is [C-]#[N+]c1c(-c2ccccc2)c(C#N)c(-n2c3ccccc3c3c(-c4cccc5oc6ccccc6c45)cccc32)c(-c2ccccc2)c1-n1c2cccc3c4ccncc4c4cccc1c4c32. The topological polar surface area (TPSA) is 64.0 Å². The molecule has 0 N–H and O–H groups in total. The van der Waals surface area contributed by atoms with Crippen LogP contribution in [-0.4, -0.2) is 14.1 Å². The molecule has 0 spiro atoms. The van der Waals surface area contributed by atoms with Gasteiger partial charge in [-0.15, -0.1) is 0 Å². The molecule has 0 bridgehead atoms. The van der Waals surface area contributed by atoms with Crippen LogP contribution in [0.3, 0.4) is 0 Å². The van der Waals surface area contributed by atoms with Crippen molar-refractivity contribution in [2.45, 2.75) is 0 Å². The van der Waals surface area contributed by atoms with Crippen LogP contribution in [-0.2, 0) is 0 Å². The molecular weight excluding hydrogens is 819 g/mol. The molecule has 0 unspecified atom stereocenters. The monoisotopic (exact) mass is 851 g/mol. The number of rotatable bonds is 5. The van der Waals surface area contributed by atoms with Gasteiger partial charge in [-0.1, -0.05) is 146 Å². The Kier molecular flexibility index (Phi) is 7.72.